The van der Waals surface area contributed by atoms with Gasteiger partial charge >= 0.3 is 5.69 Å². The van der Waals surface area contributed by atoms with Crippen LogP contribution >= 0.6 is 0 Å². The van der Waals surface area contributed by atoms with Gasteiger partial charge in [-0.25, -0.2) is 4.79 Å². The fourth-order valence-electron chi connectivity index (χ4n) is 5.07. The fourth-order valence-corrected chi connectivity index (χ4v) is 5.07. The number of H-pyrrole nitrogens is 1. The van der Waals surface area contributed by atoms with Crippen LogP contribution in [0.3, 0.4) is 0 Å². The summed E-state index contributed by atoms with van der Waals surface area (Å²) in [5, 5.41) is 3.37. The molecule has 0 saturated heterocycles. The molecule has 2 aromatic carbocycles. The summed E-state index contributed by atoms with van der Waals surface area (Å²) in [6, 6.07) is 17.6. The number of anilines is 1. The quantitative estimate of drug-likeness (QED) is 0.641. The maximum atomic E-state index is 13.4. The Morgan fingerprint density at radius 1 is 0.970 bits per heavy atom. The summed E-state index contributed by atoms with van der Waals surface area (Å²) in [5.74, 6) is -0.000522. The summed E-state index contributed by atoms with van der Waals surface area (Å²) < 4.78 is 1.57. The molecule has 6 nitrogen and oxygen atoms in total. The van der Waals surface area contributed by atoms with Crippen LogP contribution in [0.5, 0.6) is 0 Å². The van der Waals surface area contributed by atoms with Gasteiger partial charge in [0, 0.05) is 23.6 Å². The molecule has 1 aliphatic heterocycles. The zero-order valence-corrected chi connectivity index (χ0v) is 19.1. The van der Waals surface area contributed by atoms with Crippen molar-refractivity contribution in [2.24, 2.45) is 5.41 Å². The Morgan fingerprint density at radius 2 is 1.67 bits per heavy atom. The minimum Gasteiger partial charge on any atom is -0.344 e. The van der Waals surface area contributed by atoms with E-state index in [0.717, 1.165) is 22.4 Å². The van der Waals surface area contributed by atoms with Gasteiger partial charge in [0.05, 0.1) is 12.1 Å². The second kappa shape index (κ2) is 7.73. The predicted octanol–water partition coefficient (Wildman–Crippen LogP) is 4.09. The van der Waals surface area contributed by atoms with Crippen LogP contribution in [0.2, 0.25) is 0 Å². The number of hydrogen-bond donors (Lipinski definition) is 2. The molecule has 1 aliphatic carbocycles. The summed E-state index contributed by atoms with van der Waals surface area (Å²) in [6.07, 6.45) is 1.09. The molecular formula is C27H27N3O3. The minimum atomic E-state index is -0.521. The van der Waals surface area contributed by atoms with Crippen LogP contribution in [0, 0.1) is 12.3 Å². The van der Waals surface area contributed by atoms with Crippen LogP contribution in [-0.4, -0.2) is 15.3 Å². The number of aryl methyl sites for hydroxylation is 1. The molecule has 6 heteroatoms. The van der Waals surface area contributed by atoms with Gasteiger partial charge < -0.3 is 5.32 Å². The van der Waals surface area contributed by atoms with E-state index in [9.17, 15) is 14.4 Å². The zero-order valence-electron chi connectivity index (χ0n) is 19.1. The van der Waals surface area contributed by atoms with E-state index in [2.05, 4.69) is 24.1 Å². The van der Waals surface area contributed by atoms with Gasteiger partial charge in [-0.3, -0.25) is 19.1 Å². The highest BCUT2D eigenvalue weighted by atomic mass is 16.2. The molecule has 168 valence electrons. The third-order valence-electron chi connectivity index (χ3n) is 6.60. The number of rotatable bonds is 3. The minimum absolute atomic E-state index is 0.0465. The van der Waals surface area contributed by atoms with Crippen molar-refractivity contribution < 1.29 is 4.79 Å². The van der Waals surface area contributed by atoms with Gasteiger partial charge in [0.2, 0.25) is 0 Å². The lowest BCUT2D eigenvalue weighted by molar-refractivity contribution is -0.118. The molecular weight excluding hydrogens is 414 g/mol. The molecule has 0 spiro atoms. The first kappa shape index (κ1) is 21.2. The highest BCUT2D eigenvalue weighted by molar-refractivity contribution is 6.01. The van der Waals surface area contributed by atoms with E-state index in [1.54, 1.807) is 4.57 Å². The van der Waals surface area contributed by atoms with Crippen LogP contribution in [-0.2, 0) is 11.3 Å². The Kier molecular flexibility index (Phi) is 4.96. The van der Waals surface area contributed by atoms with Crippen molar-refractivity contribution in [2.75, 3.05) is 5.32 Å². The number of nitrogens with one attached hydrogen (secondary N) is 2. The molecule has 5 rings (SSSR count). The van der Waals surface area contributed by atoms with Crippen LogP contribution < -0.4 is 16.6 Å². The van der Waals surface area contributed by atoms with Gasteiger partial charge in [0.15, 0.2) is 5.78 Å². The molecule has 0 saturated carbocycles. The first-order valence-corrected chi connectivity index (χ1v) is 11.2. The third-order valence-corrected chi connectivity index (χ3v) is 6.60. The van der Waals surface area contributed by atoms with E-state index in [1.807, 2.05) is 61.5 Å². The van der Waals surface area contributed by atoms with Gasteiger partial charge in [-0.05, 0) is 29.9 Å². The number of aromatic amines is 1. The Hall–Kier alpha value is -3.67. The van der Waals surface area contributed by atoms with Crippen molar-refractivity contribution in [3.63, 3.8) is 0 Å². The molecule has 2 N–H and O–H groups in total. The number of carbonyl (C=O) groups excluding carboxylic acids is 1. The van der Waals surface area contributed by atoms with Crippen molar-refractivity contribution in [2.45, 2.75) is 46.1 Å². The number of fused-ring (bicyclic) bond motifs is 1. The van der Waals surface area contributed by atoms with E-state index in [4.69, 9.17) is 0 Å². The lowest BCUT2D eigenvalue weighted by Crippen LogP contribution is -2.42. The average Bonchev–Trinajstić information content (AvgIpc) is 2.76. The highest BCUT2D eigenvalue weighted by Crippen LogP contribution is 2.47. The van der Waals surface area contributed by atoms with E-state index < -0.39 is 17.2 Å². The molecule has 0 unspecified atom stereocenters. The molecule has 2 heterocycles. The predicted molar refractivity (Wildman–Crippen MR) is 129 cm³/mol. The normalized spacial score (nSPS) is 19.0. The van der Waals surface area contributed by atoms with Crippen molar-refractivity contribution in [3.8, 4) is 0 Å². The van der Waals surface area contributed by atoms with E-state index in [-0.39, 0.29) is 11.2 Å². The lowest BCUT2D eigenvalue weighted by Gasteiger charge is -2.39. The first-order valence-electron chi connectivity index (χ1n) is 11.2. The van der Waals surface area contributed by atoms with Crippen LogP contribution in [0.25, 0.3) is 0 Å². The maximum Gasteiger partial charge on any atom is 0.330 e. The largest absolute Gasteiger partial charge is 0.344 e. The number of carbonyl (C=O) groups is 1. The SMILES string of the molecule is Cc1ccc([C@@H]2C3=C(CC(C)(C)CC3=O)Nc3c2c(=O)[nH]c(=O)n3Cc2ccccc2)cc1. The van der Waals surface area contributed by atoms with Gasteiger partial charge in [-0.1, -0.05) is 74.0 Å². The number of ketones is 1. The first-order chi connectivity index (χ1) is 15.7. The van der Waals surface area contributed by atoms with Crippen molar-refractivity contribution in [1.29, 1.82) is 0 Å². The van der Waals surface area contributed by atoms with Crippen LogP contribution in [0.15, 0.2) is 75.5 Å². The molecule has 0 amide bonds. The highest BCUT2D eigenvalue weighted by Gasteiger charge is 2.42. The van der Waals surface area contributed by atoms with Crippen molar-refractivity contribution in [3.05, 3.63) is 109 Å². The van der Waals surface area contributed by atoms with Crippen molar-refractivity contribution in [1.82, 2.24) is 9.55 Å². The number of nitrogens with zero attached hydrogens (tertiary/aromatic N) is 1. The average molecular weight is 442 g/mol. The number of hydrogen-bond acceptors (Lipinski definition) is 4. The second-order valence-electron chi connectivity index (χ2n) is 9.90. The van der Waals surface area contributed by atoms with Gasteiger partial charge in [0.25, 0.3) is 5.56 Å². The number of allylic oxidation sites excluding steroid dienone is 2. The Bertz CT molecular complexity index is 1390. The summed E-state index contributed by atoms with van der Waals surface area (Å²) in [4.78, 5) is 42.0. The third kappa shape index (κ3) is 3.75. The van der Waals surface area contributed by atoms with E-state index >= 15 is 0 Å². The topological polar surface area (TPSA) is 84.0 Å². The summed E-state index contributed by atoms with van der Waals surface area (Å²) in [6.45, 7) is 6.46. The maximum absolute atomic E-state index is 13.4. The number of benzene rings is 2. The van der Waals surface area contributed by atoms with Gasteiger partial charge in [-0.2, -0.15) is 0 Å². The molecule has 0 bridgehead atoms. The molecule has 1 aromatic heterocycles. The molecule has 3 aromatic rings. The summed E-state index contributed by atoms with van der Waals surface area (Å²) >= 11 is 0. The summed E-state index contributed by atoms with van der Waals surface area (Å²) in [5.41, 5.74) is 3.65. The lowest BCUT2D eigenvalue weighted by atomic mass is 9.69. The van der Waals surface area contributed by atoms with E-state index in [0.29, 0.717) is 36.3 Å². The standard InChI is InChI=1S/C27H27N3O3/c1-16-9-11-18(12-10-16)21-22-19(13-27(2,3)14-20(22)31)28-24-23(21)25(32)29-26(33)30(24)15-17-7-5-4-6-8-17/h4-12,21,28H,13-15H2,1-3H3,(H,29,32,33)/t21-/m1/s1. The van der Waals surface area contributed by atoms with Gasteiger partial charge in [0.1, 0.15) is 5.82 Å². The number of aromatic nitrogens is 2. The fraction of sp³-hybridized carbons (Fsp3) is 0.296. The summed E-state index contributed by atoms with van der Waals surface area (Å²) in [7, 11) is 0. The Morgan fingerprint density at radius 3 is 2.36 bits per heavy atom. The molecule has 0 fully saturated rings. The van der Waals surface area contributed by atoms with Crippen molar-refractivity contribution >= 4 is 11.6 Å². The molecule has 2 aliphatic rings. The molecule has 0 radical (unpaired) electrons. The Balaban J connectivity index is 1.77. The van der Waals surface area contributed by atoms with Crippen LogP contribution in [0.1, 0.15) is 54.9 Å². The monoisotopic (exact) mass is 441 g/mol. The zero-order chi connectivity index (χ0) is 23.3. The molecule has 33 heavy (non-hydrogen) atoms. The smallest absolute Gasteiger partial charge is 0.330 e. The number of Topliss-reactive ketones (excluding diaryl/α,β-unsaturated/α-hetero) is 1. The van der Waals surface area contributed by atoms with Crippen LogP contribution in [0.4, 0.5) is 5.82 Å². The molecule has 1 atom stereocenters. The van der Waals surface area contributed by atoms with E-state index in [1.165, 1.54) is 0 Å². The van der Waals surface area contributed by atoms with Gasteiger partial charge in [-0.15, -0.1) is 0 Å². The Labute approximate surface area is 192 Å². The second-order valence-corrected chi connectivity index (χ2v) is 9.90.